The molecule has 0 aliphatic heterocycles. The van der Waals surface area contributed by atoms with Gasteiger partial charge in [0.2, 0.25) is 0 Å². The Kier molecular flexibility index (Phi) is 5.12. The van der Waals surface area contributed by atoms with Gasteiger partial charge in [-0.3, -0.25) is 0 Å². The average Bonchev–Trinajstić information content (AvgIpc) is 3.95. The van der Waals surface area contributed by atoms with E-state index in [-0.39, 0.29) is 0 Å². The van der Waals surface area contributed by atoms with Crippen LogP contribution >= 0.6 is 11.3 Å². The molecule has 0 radical (unpaired) electrons. The highest BCUT2D eigenvalue weighted by molar-refractivity contribution is 7.18. The Hall–Kier alpha value is -6.36. The normalized spacial score (nSPS) is 12.4. The second-order valence-corrected chi connectivity index (χ2v) is 14.0. The smallest absolute Gasteiger partial charge is 0.153 e. The van der Waals surface area contributed by atoms with Gasteiger partial charge in [0.05, 0.1) is 4.70 Å². The number of thiophene rings is 1. The third-order valence-corrected chi connectivity index (χ3v) is 11.5. The summed E-state index contributed by atoms with van der Waals surface area (Å²) in [6.07, 6.45) is 0. The fraction of sp³-hybridized carbons (Fsp3) is 0. The summed E-state index contributed by atoms with van der Waals surface area (Å²) < 4.78 is 20.9. The van der Waals surface area contributed by atoms with Crippen LogP contribution in [0.2, 0.25) is 0 Å². The molecule has 0 aliphatic carbocycles. The summed E-state index contributed by atoms with van der Waals surface area (Å²) in [6.45, 7) is 0. The van der Waals surface area contributed by atoms with Crippen LogP contribution in [-0.4, -0.2) is 0 Å². The first-order valence-electron chi connectivity index (χ1n) is 16.8. The van der Waals surface area contributed by atoms with E-state index in [0.717, 1.165) is 71.4 Å². The maximum absolute atomic E-state index is 6.85. The Bertz CT molecular complexity index is 3330. The van der Waals surface area contributed by atoms with Crippen LogP contribution in [0.5, 0.6) is 0 Å². The Morgan fingerprint density at radius 3 is 1.72 bits per heavy atom. The van der Waals surface area contributed by atoms with Crippen LogP contribution in [0.15, 0.2) is 158 Å². The largest absolute Gasteiger partial charge is 0.456 e. The Morgan fingerprint density at radius 1 is 0.360 bits per heavy atom. The maximum Gasteiger partial charge on any atom is 0.153 e. The van der Waals surface area contributed by atoms with Crippen molar-refractivity contribution in [1.29, 1.82) is 0 Å². The van der Waals surface area contributed by atoms with Crippen LogP contribution in [0.25, 0.3) is 120 Å². The summed E-state index contributed by atoms with van der Waals surface area (Å²) in [5.41, 5.74) is 9.99. The summed E-state index contributed by atoms with van der Waals surface area (Å²) in [5, 5.41) is 14.7. The zero-order chi connectivity index (χ0) is 32.5. The number of para-hydroxylation sites is 2. The third kappa shape index (κ3) is 3.43. The molecular weight excluding hydrogens is 633 g/mol. The molecule has 0 amide bonds. The van der Waals surface area contributed by atoms with Crippen LogP contribution < -0.4 is 0 Å². The minimum atomic E-state index is 0.857. The number of rotatable bonds is 2. The van der Waals surface area contributed by atoms with Crippen molar-refractivity contribution in [3.05, 3.63) is 145 Å². The Morgan fingerprint density at radius 2 is 0.940 bits per heavy atom. The van der Waals surface area contributed by atoms with Crippen molar-refractivity contribution in [3.8, 4) is 22.3 Å². The van der Waals surface area contributed by atoms with Gasteiger partial charge in [-0.05, 0) is 79.8 Å². The van der Waals surface area contributed by atoms with E-state index >= 15 is 0 Å². The van der Waals surface area contributed by atoms with Crippen molar-refractivity contribution in [2.45, 2.75) is 0 Å². The van der Waals surface area contributed by atoms with E-state index in [9.17, 15) is 0 Å². The number of furan rings is 3. The van der Waals surface area contributed by atoms with Gasteiger partial charge in [0.15, 0.2) is 5.58 Å². The molecule has 50 heavy (non-hydrogen) atoms. The monoisotopic (exact) mass is 656 g/mol. The van der Waals surface area contributed by atoms with Crippen molar-refractivity contribution < 1.29 is 13.3 Å². The number of fused-ring (bicyclic) bond motifs is 13. The van der Waals surface area contributed by atoms with Crippen LogP contribution in [-0.2, 0) is 0 Å². The highest BCUT2D eigenvalue weighted by Gasteiger charge is 2.23. The Labute approximate surface area is 288 Å². The molecule has 4 heterocycles. The van der Waals surface area contributed by atoms with E-state index in [1.807, 2.05) is 12.1 Å². The van der Waals surface area contributed by atoms with Gasteiger partial charge in [0.25, 0.3) is 0 Å². The lowest BCUT2D eigenvalue weighted by molar-refractivity contribution is 0.664. The van der Waals surface area contributed by atoms with E-state index in [0.29, 0.717) is 0 Å². The second kappa shape index (κ2) is 9.63. The molecule has 3 nitrogen and oxygen atoms in total. The molecular formula is C46H24O3S. The predicted molar refractivity (Wildman–Crippen MR) is 210 cm³/mol. The average molecular weight is 657 g/mol. The first-order chi connectivity index (χ1) is 24.8. The van der Waals surface area contributed by atoms with E-state index < -0.39 is 0 Å². The van der Waals surface area contributed by atoms with Gasteiger partial charge in [-0.15, -0.1) is 11.3 Å². The molecule has 0 N–H and O–H groups in total. The third-order valence-electron chi connectivity index (χ3n) is 10.5. The van der Waals surface area contributed by atoms with E-state index in [4.69, 9.17) is 13.3 Å². The van der Waals surface area contributed by atoms with Crippen LogP contribution in [0.4, 0.5) is 0 Å². The molecule has 0 saturated carbocycles. The molecule has 0 spiro atoms. The SMILES string of the molecule is c1ccc2c(c1)oc1cc3c(cc12)oc1c(-c2c4ccccc4c(-c4cccc5oc6c(ccc7ccsc76)c45)c4ccccc24)cccc13. The molecule has 0 atom stereocenters. The van der Waals surface area contributed by atoms with Crippen LogP contribution in [0, 0.1) is 0 Å². The molecule has 0 unspecified atom stereocenters. The van der Waals surface area contributed by atoms with Gasteiger partial charge < -0.3 is 13.3 Å². The summed E-state index contributed by atoms with van der Waals surface area (Å²) in [5.74, 6) is 0. The maximum atomic E-state index is 6.85. The van der Waals surface area contributed by atoms with Gasteiger partial charge >= 0.3 is 0 Å². The number of hydrogen-bond acceptors (Lipinski definition) is 4. The Balaban J connectivity index is 1.19. The predicted octanol–water partition coefficient (Wildman–Crippen LogP) is 14.2. The lowest BCUT2D eigenvalue weighted by Gasteiger charge is -2.18. The van der Waals surface area contributed by atoms with Crippen LogP contribution in [0.1, 0.15) is 0 Å². The van der Waals surface area contributed by atoms with Crippen molar-refractivity contribution in [3.63, 3.8) is 0 Å². The number of benzene rings is 8. The molecule has 0 saturated heterocycles. The fourth-order valence-corrected chi connectivity index (χ4v) is 9.32. The van der Waals surface area contributed by atoms with Gasteiger partial charge in [0.1, 0.15) is 27.9 Å². The van der Waals surface area contributed by atoms with Gasteiger partial charge in [-0.1, -0.05) is 103 Å². The zero-order valence-corrected chi connectivity index (χ0v) is 27.3. The summed E-state index contributed by atoms with van der Waals surface area (Å²) in [4.78, 5) is 0. The lowest BCUT2D eigenvalue weighted by Crippen LogP contribution is -1.91. The molecule has 0 fully saturated rings. The topological polar surface area (TPSA) is 39.4 Å². The molecule has 12 rings (SSSR count). The minimum absolute atomic E-state index is 0.857. The number of hydrogen-bond donors (Lipinski definition) is 0. The van der Waals surface area contributed by atoms with Gasteiger partial charge in [-0.25, -0.2) is 0 Å². The fourth-order valence-electron chi connectivity index (χ4n) is 8.44. The summed E-state index contributed by atoms with van der Waals surface area (Å²) in [7, 11) is 0. The summed E-state index contributed by atoms with van der Waals surface area (Å²) in [6, 6.07) is 49.7. The van der Waals surface area contributed by atoms with Crippen molar-refractivity contribution in [1.82, 2.24) is 0 Å². The molecule has 0 aliphatic rings. The molecule has 4 aromatic heterocycles. The van der Waals surface area contributed by atoms with Crippen molar-refractivity contribution >= 4 is 109 Å². The molecule has 4 heteroatoms. The highest BCUT2D eigenvalue weighted by Crippen LogP contribution is 2.49. The highest BCUT2D eigenvalue weighted by atomic mass is 32.1. The van der Waals surface area contributed by atoms with E-state index in [1.54, 1.807) is 11.3 Å². The summed E-state index contributed by atoms with van der Waals surface area (Å²) >= 11 is 1.73. The van der Waals surface area contributed by atoms with Crippen molar-refractivity contribution in [2.24, 2.45) is 0 Å². The minimum Gasteiger partial charge on any atom is -0.456 e. The van der Waals surface area contributed by atoms with E-state index in [2.05, 4.69) is 133 Å². The van der Waals surface area contributed by atoms with E-state index in [1.165, 1.54) is 48.3 Å². The second-order valence-electron chi connectivity index (χ2n) is 13.1. The first-order valence-corrected chi connectivity index (χ1v) is 17.7. The molecule has 8 aromatic carbocycles. The van der Waals surface area contributed by atoms with Crippen LogP contribution in [0.3, 0.4) is 0 Å². The standard InChI is InChI=1S/C46H24O3S/c1-3-12-29-27(10-1)41(32-15-8-18-38-43(32)34-20-19-25-21-22-50-46(25)45(34)48-38)28-11-2-4-13-30(28)42(29)33-16-7-14-31-36-24-39-35(23-40(36)49-44(31)33)26-9-5-6-17-37(26)47-39/h1-24H. The zero-order valence-electron chi connectivity index (χ0n) is 26.5. The van der Waals surface area contributed by atoms with Gasteiger partial charge in [0, 0.05) is 43.4 Å². The van der Waals surface area contributed by atoms with Gasteiger partial charge in [-0.2, -0.15) is 0 Å². The van der Waals surface area contributed by atoms with Crippen molar-refractivity contribution in [2.75, 3.05) is 0 Å². The molecule has 12 aromatic rings. The molecule has 232 valence electrons. The quantitative estimate of drug-likeness (QED) is 0.174. The molecule has 0 bridgehead atoms. The lowest BCUT2D eigenvalue weighted by atomic mass is 9.84. The first kappa shape index (κ1) is 26.6.